The van der Waals surface area contributed by atoms with Gasteiger partial charge in [0, 0.05) is 20.6 Å². The third-order valence-corrected chi connectivity index (χ3v) is 5.44. The molecule has 3 aromatic carbocycles. The van der Waals surface area contributed by atoms with Crippen molar-refractivity contribution in [2.24, 2.45) is 0 Å². The van der Waals surface area contributed by atoms with E-state index >= 15 is 0 Å². The maximum absolute atomic E-state index is 12.9. The van der Waals surface area contributed by atoms with Crippen molar-refractivity contribution in [1.82, 2.24) is 0 Å². The maximum atomic E-state index is 12.9. The predicted octanol–water partition coefficient (Wildman–Crippen LogP) is 7.49. The van der Waals surface area contributed by atoms with Crippen LogP contribution >= 0.6 is 39.5 Å². The van der Waals surface area contributed by atoms with Gasteiger partial charge in [-0.2, -0.15) is 13.2 Å². The summed E-state index contributed by atoms with van der Waals surface area (Å²) in [6, 6.07) is 16.9. The van der Waals surface area contributed by atoms with Crippen LogP contribution in [0.5, 0.6) is 0 Å². The monoisotopic (exact) mass is 500 g/mol. The van der Waals surface area contributed by atoms with Gasteiger partial charge in [-0.3, -0.25) is 4.79 Å². The first-order chi connectivity index (χ1) is 13.7. The first-order valence-corrected chi connectivity index (χ1v) is 10.2. The van der Waals surface area contributed by atoms with Crippen LogP contribution in [-0.2, 0) is 6.18 Å². The fraction of sp³-hybridized carbons (Fsp3) is 0.0500. The zero-order valence-electron chi connectivity index (χ0n) is 14.6. The van der Waals surface area contributed by atoms with Gasteiger partial charge in [0.2, 0.25) is 0 Å². The SMILES string of the molecule is O=C(Nc1ccc(Br)cc1)c1cccc(SNc2cc(C(F)(F)F)ccc2Cl)c1. The quantitative estimate of drug-likeness (QED) is 0.356. The summed E-state index contributed by atoms with van der Waals surface area (Å²) in [5.41, 5.74) is 0.392. The lowest BCUT2D eigenvalue weighted by Gasteiger charge is -2.12. The molecule has 2 N–H and O–H groups in total. The van der Waals surface area contributed by atoms with E-state index in [0.29, 0.717) is 16.1 Å². The standard InChI is InChI=1S/C20H13BrClF3N2OS/c21-14-5-7-15(8-6-14)26-19(28)12-2-1-3-16(10-12)29-27-18-11-13(20(23,24)25)4-9-17(18)22/h1-11,27H,(H,26,28). The Hall–Kier alpha value is -2.16. The van der Waals surface area contributed by atoms with Crippen LogP contribution in [0.1, 0.15) is 15.9 Å². The van der Waals surface area contributed by atoms with Gasteiger partial charge in [-0.15, -0.1) is 0 Å². The molecule has 0 unspecified atom stereocenters. The molecule has 0 aliphatic heterocycles. The number of amides is 1. The van der Waals surface area contributed by atoms with Crippen molar-refractivity contribution < 1.29 is 18.0 Å². The Morgan fingerprint density at radius 3 is 2.41 bits per heavy atom. The Morgan fingerprint density at radius 1 is 1.00 bits per heavy atom. The molecule has 3 aromatic rings. The van der Waals surface area contributed by atoms with Gasteiger partial charge in [-0.25, -0.2) is 0 Å². The Kier molecular flexibility index (Phi) is 6.77. The van der Waals surface area contributed by atoms with Crippen LogP contribution < -0.4 is 10.0 Å². The van der Waals surface area contributed by atoms with Crippen molar-refractivity contribution in [3.05, 3.63) is 87.4 Å². The van der Waals surface area contributed by atoms with Crippen molar-refractivity contribution in [2.45, 2.75) is 11.1 Å². The number of rotatable bonds is 5. The number of nitrogens with one attached hydrogen (secondary N) is 2. The van der Waals surface area contributed by atoms with Crippen LogP contribution in [0.25, 0.3) is 0 Å². The average molecular weight is 502 g/mol. The molecule has 0 aliphatic carbocycles. The summed E-state index contributed by atoms with van der Waals surface area (Å²) in [5.74, 6) is -0.299. The fourth-order valence-corrected chi connectivity index (χ4v) is 3.55. The number of carbonyl (C=O) groups is 1. The predicted molar refractivity (Wildman–Crippen MR) is 114 cm³/mol. The third kappa shape index (κ3) is 5.91. The van der Waals surface area contributed by atoms with E-state index < -0.39 is 11.7 Å². The molecular formula is C20H13BrClF3N2OS. The minimum Gasteiger partial charge on any atom is -0.324 e. The Labute approximate surface area is 182 Å². The van der Waals surface area contributed by atoms with E-state index in [1.54, 1.807) is 36.4 Å². The highest BCUT2D eigenvalue weighted by molar-refractivity contribution is 9.10. The minimum absolute atomic E-state index is 0.135. The normalized spacial score (nSPS) is 11.2. The van der Waals surface area contributed by atoms with Crippen LogP contribution in [0, 0.1) is 0 Å². The van der Waals surface area contributed by atoms with Gasteiger partial charge in [0.05, 0.1) is 16.3 Å². The lowest BCUT2D eigenvalue weighted by molar-refractivity contribution is -0.137. The molecular weight excluding hydrogens is 489 g/mol. The molecule has 150 valence electrons. The zero-order valence-corrected chi connectivity index (χ0v) is 17.7. The Morgan fingerprint density at radius 2 is 1.72 bits per heavy atom. The summed E-state index contributed by atoms with van der Waals surface area (Å²) in [7, 11) is 0. The number of carbonyl (C=O) groups excluding carboxylic acids is 1. The van der Waals surface area contributed by atoms with Crippen LogP contribution in [0.2, 0.25) is 5.02 Å². The summed E-state index contributed by atoms with van der Waals surface area (Å²) in [6.45, 7) is 0. The number of anilines is 2. The topological polar surface area (TPSA) is 41.1 Å². The molecule has 3 rings (SSSR count). The summed E-state index contributed by atoms with van der Waals surface area (Å²) >= 11 is 10.4. The maximum Gasteiger partial charge on any atom is 0.416 e. The summed E-state index contributed by atoms with van der Waals surface area (Å²) in [6.07, 6.45) is -4.46. The van der Waals surface area contributed by atoms with Gasteiger partial charge in [-0.1, -0.05) is 33.6 Å². The van der Waals surface area contributed by atoms with E-state index in [2.05, 4.69) is 26.0 Å². The van der Waals surface area contributed by atoms with Crippen LogP contribution in [-0.4, -0.2) is 5.91 Å². The summed E-state index contributed by atoms with van der Waals surface area (Å²) in [5, 5.41) is 2.95. The number of benzene rings is 3. The van der Waals surface area contributed by atoms with Gasteiger partial charge < -0.3 is 10.0 Å². The van der Waals surface area contributed by atoms with E-state index in [1.165, 1.54) is 6.07 Å². The highest BCUT2D eigenvalue weighted by Crippen LogP contribution is 2.35. The summed E-state index contributed by atoms with van der Waals surface area (Å²) in [4.78, 5) is 13.1. The molecule has 29 heavy (non-hydrogen) atoms. The van der Waals surface area contributed by atoms with Crippen molar-refractivity contribution in [3.63, 3.8) is 0 Å². The van der Waals surface area contributed by atoms with E-state index in [1.807, 2.05) is 12.1 Å². The molecule has 1 amide bonds. The molecule has 0 atom stereocenters. The Bertz CT molecular complexity index is 1030. The third-order valence-electron chi connectivity index (χ3n) is 3.77. The highest BCUT2D eigenvalue weighted by atomic mass is 79.9. The Balaban J connectivity index is 1.70. The van der Waals surface area contributed by atoms with Gasteiger partial charge in [0.1, 0.15) is 0 Å². The van der Waals surface area contributed by atoms with E-state index in [4.69, 9.17) is 11.6 Å². The lowest BCUT2D eigenvalue weighted by atomic mass is 10.2. The molecule has 9 heteroatoms. The molecule has 0 saturated heterocycles. The second-order valence-corrected chi connectivity index (χ2v) is 8.09. The number of hydrogen-bond donors (Lipinski definition) is 2. The van der Waals surface area contributed by atoms with Gasteiger partial charge in [0.25, 0.3) is 5.91 Å². The minimum atomic E-state index is -4.46. The van der Waals surface area contributed by atoms with Gasteiger partial charge >= 0.3 is 6.18 Å². The molecule has 3 nitrogen and oxygen atoms in total. The van der Waals surface area contributed by atoms with Crippen LogP contribution in [0.3, 0.4) is 0 Å². The van der Waals surface area contributed by atoms with Crippen molar-refractivity contribution in [3.8, 4) is 0 Å². The van der Waals surface area contributed by atoms with Crippen molar-refractivity contribution in [2.75, 3.05) is 10.0 Å². The van der Waals surface area contributed by atoms with Crippen molar-refractivity contribution >= 4 is 56.8 Å². The first-order valence-electron chi connectivity index (χ1n) is 8.19. The smallest absolute Gasteiger partial charge is 0.324 e. The zero-order chi connectivity index (χ0) is 21.0. The number of halogens is 5. The molecule has 0 spiro atoms. The molecule has 0 aromatic heterocycles. The van der Waals surface area contributed by atoms with Gasteiger partial charge in [-0.05, 0) is 72.6 Å². The van der Waals surface area contributed by atoms with E-state index in [0.717, 1.165) is 28.6 Å². The van der Waals surface area contributed by atoms with E-state index in [9.17, 15) is 18.0 Å². The largest absolute Gasteiger partial charge is 0.416 e. The molecule has 0 fully saturated rings. The molecule has 0 heterocycles. The van der Waals surface area contributed by atoms with Gasteiger partial charge in [0.15, 0.2) is 0 Å². The molecule has 0 aliphatic rings. The second kappa shape index (κ2) is 9.11. The molecule has 0 radical (unpaired) electrons. The molecule has 0 saturated carbocycles. The van der Waals surface area contributed by atoms with Crippen LogP contribution in [0.15, 0.2) is 76.1 Å². The van der Waals surface area contributed by atoms with E-state index in [-0.39, 0.29) is 16.6 Å². The number of alkyl halides is 3. The van der Waals surface area contributed by atoms with Crippen LogP contribution in [0.4, 0.5) is 24.5 Å². The average Bonchev–Trinajstić information content (AvgIpc) is 2.68. The summed E-state index contributed by atoms with van der Waals surface area (Å²) < 4.78 is 42.4. The van der Waals surface area contributed by atoms with Crippen molar-refractivity contribution in [1.29, 1.82) is 0 Å². The second-order valence-electron chi connectivity index (χ2n) is 5.89. The fourth-order valence-electron chi connectivity index (χ4n) is 2.33. The number of hydrogen-bond acceptors (Lipinski definition) is 3. The lowest BCUT2D eigenvalue weighted by Crippen LogP contribution is -2.11. The first kappa shape index (κ1) is 21.5. The molecule has 0 bridgehead atoms. The highest BCUT2D eigenvalue weighted by Gasteiger charge is 2.31.